The first-order chi connectivity index (χ1) is 10.2. The SMILES string of the molecule is CCNc1ncnc(NCC2CCN(C(C)C)C2)c1CC. The molecule has 0 aliphatic carbocycles. The van der Waals surface area contributed by atoms with E-state index in [1.165, 1.54) is 25.1 Å². The van der Waals surface area contributed by atoms with Crippen molar-refractivity contribution in [3.63, 3.8) is 0 Å². The van der Waals surface area contributed by atoms with Gasteiger partial charge >= 0.3 is 0 Å². The molecule has 0 saturated carbocycles. The predicted molar refractivity (Wildman–Crippen MR) is 88.9 cm³/mol. The Morgan fingerprint density at radius 1 is 1.24 bits per heavy atom. The van der Waals surface area contributed by atoms with E-state index in [9.17, 15) is 0 Å². The Kier molecular flexibility index (Phi) is 5.79. The van der Waals surface area contributed by atoms with E-state index >= 15 is 0 Å². The highest BCUT2D eigenvalue weighted by Crippen LogP contribution is 2.23. The van der Waals surface area contributed by atoms with Gasteiger partial charge in [0.25, 0.3) is 0 Å². The van der Waals surface area contributed by atoms with Gasteiger partial charge in [-0.1, -0.05) is 6.92 Å². The Morgan fingerprint density at radius 3 is 2.52 bits per heavy atom. The average molecular weight is 291 g/mol. The molecule has 2 N–H and O–H groups in total. The third-order valence-corrected chi connectivity index (χ3v) is 4.25. The first kappa shape index (κ1) is 16.0. The second-order valence-corrected chi connectivity index (χ2v) is 6.06. The molecule has 5 nitrogen and oxygen atoms in total. The zero-order chi connectivity index (χ0) is 15.2. The third-order valence-electron chi connectivity index (χ3n) is 4.25. The van der Waals surface area contributed by atoms with Gasteiger partial charge in [-0.2, -0.15) is 0 Å². The number of nitrogens with zero attached hydrogens (tertiary/aromatic N) is 3. The van der Waals surface area contributed by atoms with Gasteiger partial charge in [0.1, 0.15) is 18.0 Å². The summed E-state index contributed by atoms with van der Waals surface area (Å²) in [6.07, 6.45) is 3.86. The molecule has 1 saturated heterocycles. The maximum absolute atomic E-state index is 4.43. The summed E-state index contributed by atoms with van der Waals surface area (Å²) in [5.41, 5.74) is 1.19. The molecule has 0 aromatic carbocycles. The zero-order valence-electron chi connectivity index (χ0n) is 13.8. The molecule has 5 heteroatoms. The molecule has 1 aromatic heterocycles. The summed E-state index contributed by atoms with van der Waals surface area (Å²) in [6.45, 7) is 13.1. The van der Waals surface area contributed by atoms with E-state index in [1.807, 2.05) is 0 Å². The van der Waals surface area contributed by atoms with Crippen molar-refractivity contribution >= 4 is 11.6 Å². The number of aromatic nitrogens is 2. The summed E-state index contributed by atoms with van der Waals surface area (Å²) in [7, 11) is 0. The van der Waals surface area contributed by atoms with E-state index in [2.05, 4.69) is 53.2 Å². The van der Waals surface area contributed by atoms with Crippen LogP contribution < -0.4 is 10.6 Å². The third kappa shape index (κ3) is 4.06. The van der Waals surface area contributed by atoms with Crippen LogP contribution in [0.5, 0.6) is 0 Å². The van der Waals surface area contributed by atoms with Crippen molar-refractivity contribution < 1.29 is 0 Å². The van der Waals surface area contributed by atoms with Gasteiger partial charge < -0.3 is 15.5 Å². The zero-order valence-corrected chi connectivity index (χ0v) is 13.8. The minimum Gasteiger partial charge on any atom is -0.370 e. The highest BCUT2D eigenvalue weighted by atomic mass is 15.2. The molecule has 1 aromatic rings. The van der Waals surface area contributed by atoms with Crippen molar-refractivity contribution in [3.05, 3.63) is 11.9 Å². The summed E-state index contributed by atoms with van der Waals surface area (Å²) < 4.78 is 0. The fourth-order valence-electron chi connectivity index (χ4n) is 2.96. The summed E-state index contributed by atoms with van der Waals surface area (Å²) >= 11 is 0. The number of hydrogen-bond donors (Lipinski definition) is 2. The fourth-order valence-corrected chi connectivity index (χ4v) is 2.96. The largest absolute Gasteiger partial charge is 0.370 e. The standard InChI is InChI=1S/C16H29N5/c1-5-14-15(17-6-2)19-11-20-16(14)18-9-13-7-8-21(10-13)12(3)4/h11-13H,5-10H2,1-4H3,(H2,17,18,19,20). The highest BCUT2D eigenvalue weighted by Gasteiger charge is 2.24. The summed E-state index contributed by atoms with van der Waals surface area (Å²) in [4.78, 5) is 11.3. The van der Waals surface area contributed by atoms with Crippen molar-refractivity contribution in [1.29, 1.82) is 0 Å². The van der Waals surface area contributed by atoms with Crippen LogP contribution in [0.1, 0.15) is 39.7 Å². The number of likely N-dealkylation sites (tertiary alicyclic amines) is 1. The summed E-state index contributed by atoms with van der Waals surface area (Å²) in [6, 6.07) is 0.653. The normalized spacial score (nSPS) is 19.2. The molecule has 2 heterocycles. The van der Waals surface area contributed by atoms with E-state index in [1.54, 1.807) is 6.33 Å². The van der Waals surface area contributed by atoms with Crippen LogP contribution in [0.4, 0.5) is 11.6 Å². The average Bonchev–Trinajstić information content (AvgIpc) is 2.94. The molecule has 1 unspecified atom stereocenters. The predicted octanol–water partition coefficient (Wildman–Crippen LogP) is 2.61. The van der Waals surface area contributed by atoms with E-state index in [4.69, 9.17) is 0 Å². The molecule has 0 spiro atoms. The molecule has 0 bridgehead atoms. The van der Waals surface area contributed by atoms with Crippen LogP contribution in [0.2, 0.25) is 0 Å². The Hall–Kier alpha value is -1.36. The molecule has 2 rings (SSSR count). The molecule has 1 atom stereocenters. The lowest BCUT2D eigenvalue weighted by Crippen LogP contribution is -2.29. The van der Waals surface area contributed by atoms with Gasteiger partial charge in [-0.05, 0) is 46.1 Å². The molecular weight excluding hydrogens is 262 g/mol. The van der Waals surface area contributed by atoms with Gasteiger partial charge in [0.2, 0.25) is 0 Å². The van der Waals surface area contributed by atoms with Crippen molar-refractivity contribution in [2.24, 2.45) is 5.92 Å². The second kappa shape index (κ2) is 7.59. The van der Waals surface area contributed by atoms with Crippen LogP contribution in [0.3, 0.4) is 0 Å². The monoisotopic (exact) mass is 291 g/mol. The molecule has 1 fully saturated rings. The van der Waals surface area contributed by atoms with Gasteiger partial charge in [-0.25, -0.2) is 9.97 Å². The number of hydrogen-bond acceptors (Lipinski definition) is 5. The number of anilines is 2. The van der Waals surface area contributed by atoms with Crippen LogP contribution in [0.15, 0.2) is 6.33 Å². The van der Waals surface area contributed by atoms with Crippen LogP contribution in [0.25, 0.3) is 0 Å². The van der Waals surface area contributed by atoms with Crippen LogP contribution in [-0.4, -0.2) is 47.1 Å². The molecular formula is C16H29N5. The number of nitrogens with one attached hydrogen (secondary N) is 2. The lowest BCUT2D eigenvalue weighted by molar-refractivity contribution is 0.266. The van der Waals surface area contributed by atoms with E-state index < -0.39 is 0 Å². The number of rotatable bonds is 7. The van der Waals surface area contributed by atoms with Gasteiger partial charge in [0.15, 0.2) is 0 Å². The van der Waals surface area contributed by atoms with Crippen molar-refractivity contribution in [2.75, 3.05) is 36.8 Å². The van der Waals surface area contributed by atoms with Gasteiger partial charge in [-0.3, -0.25) is 0 Å². The van der Waals surface area contributed by atoms with Gasteiger partial charge in [0, 0.05) is 31.2 Å². The van der Waals surface area contributed by atoms with Crippen molar-refractivity contribution in [3.8, 4) is 0 Å². The Morgan fingerprint density at radius 2 is 1.95 bits per heavy atom. The lowest BCUT2D eigenvalue weighted by atomic mass is 10.1. The summed E-state index contributed by atoms with van der Waals surface area (Å²) in [5.74, 6) is 2.67. The first-order valence-corrected chi connectivity index (χ1v) is 8.21. The minimum atomic E-state index is 0.653. The molecule has 0 amide bonds. The molecule has 1 aliphatic heterocycles. The Labute approximate surface area is 128 Å². The summed E-state index contributed by atoms with van der Waals surface area (Å²) in [5, 5.41) is 6.86. The Bertz CT molecular complexity index is 446. The maximum Gasteiger partial charge on any atom is 0.134 e. The van der Waals surface area contributed by atoms with Gasteiger partial charge in [-0.15, -0.1) is 0 Å². The quantitative estimate of drug-likeness (QED) is 0.809. The van der Waals surface area contributed by atoms with Gasteiger partial charge in [0.05, 0.1) is 0 Å². The molecule has 21 heavy (non-hydrogen) atoms. The van der Waals surface area contributed by atoms with E-state index in [0.29, 0.717) is 6.04 Å². The minimum absolute atomic E-state index is 0.653. The van der Waals surface area contributed by atoms with E-state index in [-0.39, 0.29) is 0 Å². The van der Waals surface area contributed by atoms with Crippen LogP contribution in [-0.2, 0) is 6.42 Å². The Balaban J connectivity index is 1.96. The topological polar surface area (TPSA) is 53.1 Å². The van der Waals surface area contributed by atoms with E-state index in [0.717, 1.165) is 37.1 Å². The first-order valence-electron chi connectivity index (χ1n) is 8.21. The molecule has 1 aliphatic rings. The van der Waals surface area contributed by atoms with Crippen LogP contribution >= 0.6 is 0 Å². The second-order valence-electron chi connectivity index (χ2n) is 6.06. The van der Waals surface area contributed by atoms with Crippen LogP contribution in [0, 0.1) is 5.92 Å². The van der Waals surface area contributed by atoms with Crippen molar-refractivity contribution in [2.45, 2.75) is 46.6 Å². The fraction of sp³-hybridized carbons (Fsp3) is 0.750. The molecule has 118 valence electrons. The highest BCUT2D eigenvalue weighted by molar-refractivity contribution is 5.57. The molecule has 0 radical (unpaired) electrons. The van der Waals surface area contributed by atoms with Crippen molar-refractivity contribution in [1.82, 2.24) is 14.9 Å². The smallest absolute Gasteiger partial charge is 0.134 e. The lowest BCUT2D eigenvalue weighted by Gasteiger charge is -2.20. The maximum atomic E-state index is 4.43.